The van der Waals surface area contributed by atoms with Gasteiger partial charge >= 0.3 is 5.97 Å². The molecule has 0 spiro atoms. The molecule has 3 rings (SSSR count). The Morgan fingerprint density at radius 2 is 2.21 bits per heavy atom. The summed E-state index contributed by atoms with van der Waals surface area (Å²) in [4.78, 5) is 26.2. The van der Waals surface area contributed by atoms with E-state index in [0.717, 1.165) is 25.0 Å². The molecule has 1 atom stereocenters. The molecule has 1 unspecified atom stereocenters. The van der Waals surface area contributed by atoms with E-state index in [1.165, 1.54) is 18.9 Å². The number of hydrogen-bond acceptors (Lipinski definition) is 6. The van der Waals surface area contributed by atoms with Crippen molar-refractivity contribution in [1.82, 2.24) is 4.90 Å². The van der Waals surface area contributed by atoms with Crippen LogP contribution in [0.2, 0.25) is 0 Å². The van der Waals surface area contributed by atoms with Gasteiger partial charge in [0, 0.05) is 6.61 Å². The van der Waals surface area contributed by atoms with Crippen molar-refractivity contribution < 1.29 is 19.1 Å². The van der Waals surface area contributed by atoms with Gasteiger partial charge in [0.15, 0.2) is 0 Å². The van der Waals surface area contributed by atoms with Crippen LogP contribution in [-0.2, 0) is 14.3 Å². The molecule has 1 amide bonds. The summed E-state index contributed by atoms with van der Waals surface area (Å²) in [6.07, 6.45) is 3.86. The molecule has 2 aliphatic heterocycles. The zero-order valence-corrected chi connectivity index (χ0v) is 14.8. The fourth-order valence-electron chi connectivity index (χ4n) is 2.63. The lowest BCUT2D eigenvalue weighted by molar-refractivity contribution is -0.123. The van der Waals surface area contributed by atoms with Gasteiger partial charge < -0.3 is 9.47 Å². The summed E-state index contributed by atoms with van der Waals surface area (Å²) >= 11 is 6.62. The van der Waals surface area contributed by atoms with Crippen molar-refractivity contribution >= 4 is 46.3 Å². The number of nitrogens with zero attached hydrogens (tertiary/aromatic N) is 1. The number of thiocarbonyl (C=S) groups is 1. The zero-order chi connectivity index (χ0) is 17.1. The first-order valence-corrected chi connectivity index (χ1v) is 8.86. The number of carbonyl (C=O) groups is 2. The van der Waals surface area contributed by atoms with E-state index in [9.17, 15) is 9.59 Å². The molecule has 1 aromatic carbocycles. The van der Waals surface area contributed by atoms with Crippen LogP contribution in [0, 0.1) is 0 Å². The van der Waals surface area contributed by atoms with Gasteiger partial charge in [0.05, 0.1) is 30.2 Å². The van der Waals surface area contributed by atoms with Gasteiger partial charge in [-0.25, -0.2) is 4.79 Å². The second-order valence-corrected chi connectivity index (χ2v) is 7.22. The monoisotopic (exact) mass is 363 g/mol. The molecule has 0 aromatic heterocycles. The highest BCUT2D eigenvalue weighted by Gasteiger charge is 2.34. The van der Waals surface area contributed by atoms with Gasteiger partial charge in [0.25, 0.3) is 5.91 Å². The fraction of sp³-hybridized carbons (Fsp3) is 0.353. The molecule has 0 N–H and O–H groups in total. The topological polar surface area (TPSA) is 55.8 Å². The minimum atomic E-state index is -0.385. The molecule has 2 saturated heterocycles. The Kier molecular flexibility index (Phi) is 5.33. The average Bonchev–Trinajstić information content (AvgIpc) is 3.19. The van der Waals surface area contributed by atoms with E-state index < -0.39 is 0 Å². The molecule has 0 radical (unpaired) electrons. The van der Waals surface area contributed by atoms with E-state index >= 15 is 0 Å². The summed E-state index contributed by atoms with van der Waals surface area (Å²) in [6.45, 7) is 1.27. The largest absolute Gasteiger partial charge is 0.465 e. The van der Waals surface area contributed by atoms with Crippen LogP contribution >= 0.6 is 24.0 Å². The predicted molar refractivity (Wildman–Crippen MR) is 96.6 cm³/mol. The van der Waals surface area contributed by atoms with Crippen molar-refractivity contribution in [1.29, 1.82) is 0 Å². The number of benzene rings is 1. The Morgan fingerprint density at radius 3 is 2.83 bits per heavy atom. The molecule has 0 saturated carbocycles. The number of methoxy groups -OCH3 is 1. The van der Waals surface area contributed by atoms with Crippen LogP contribution in [0.15, 0.2) is 29.2 Å². The van der Waals surface area contributed by atoms with Crippen LogP contribution < -0.4 is 0 Å². The van der Waals surface area contributed by atoms with Gasteiger partial charge in [0.1, 0.15) is 4.32 Å². The number of thioether (sulfide) groups is 1. The fourth-order valence-corrected chi connectivity index (χ4v) is 3.91. The van der Waals surface area contributed by atoms with Gasteiger partial charge in [-0.1, -0.05) is 36.1 Å². The molecule has 7 heteroatoms. The standard InChI is InChI=1S/C17H17NO4S2/c1-21-16(20)12-6-4-11(5-7-12)9-14-15(19)18(17(23)24-14)10-13-3-2-8-22-13/h4-7,9,13H,2-3,8,10H2,1H3. The summed E-state index contributed by atoms with van der Waals surface area (Å²) in [7, 11) is 1.34. The Hall–Kier alpha value is -1.70. The maximum Gasteiger partial charge on any atom is 0.337 e. The Morgan fingerprint density at radius 1 is 1.46 bits per heavy atom. The molecular formula is C17H17NO4S2. The van der Waals surface area contributed by atoms with Gasteiger partial charge in [-0.05, 0) is 36.6 Å². The predicted octanol–water partition coefficient (Wildman–Crippen LogP) is 2.85. The summed E-state index contributed by atoms with van der Waals surface area (Å²) in [5.41, 5.74) is 1.31. The van der Waals surface area contributed by atoms with Gasteiger partial charge in [-0.3, -0.25) is 9.69 Å². The lowest BCUT2D eigenvalue weighted by Gasteiger charge is -2.18. The van der Waals surface area contributed by atoms with Crippen molar-refractivity contribution in [2.24, 2.45) is 0 Å². The van der Waals surface area contributed by atoms with E-state index in [1.807, 2.05) is 0 Å². The Labute approximate surface area is 150 Å². The van der Waals surface area contributed by atoms with Crippen LogP contribution in [0.25, 0.3) is 6.08 Å². The maximum absolute atomic E-state index is 12.5. The van der Waals surface area contributed by atoms with Gasteiger partial charge in [-0.2, -0.15) is 0 Å². The third-order valence-corrected chi connectivity index (χ3v) is 5.29. The van der Waals surface area contributed by atoms with Crippen molar-refractivity contribution in [3.63, 3.8) is 0 Å². The Balaban J connectivity index is 1.72. The smallest absolute Gasteiger partial charge is 0.337 e. The molecule has 2 fully saturated rings. The van der Waals surface area contributed by atoms with E-state index in [1.54, 1.807) is 35.2 Å². The molecule has 0 bridgehead atoms. The molecule has 2 heterocycles. The second kappa shape index (κ2) is 7.46. The minimum Gasteiger partial charge on any atom is -0.465 e. The second-order valence-electron chi connectivity index (χ2n) is 5.54. The highest BCUT2D eigenvalue weighted by molar-refractivity contribution is 8.26. The van der Waals surface area contributed by atoms with Crippen molar-refractivity contribution in [3.8, 4) is 0 Å². The van der Waals surface area contributed by atoms with Crippen LogP contribution in [0.3, 0.4) is 0 Å². The quantitative estimate of drug-likeness (QED) is 0.466. The maximum atomic E-state index is 12.5. The number of amides is 1. The molecule has 126 valence electrons. The van der Waals surface area contributed by atoms with Crippen molar-refractivity contribution in [2.45, 2.75) is 18.9 Å². The van der Waals surface area contributed by atoms with Crippen LogP contribution in [0.4, 0.5) is 0 Å². The lowest BCUT2D eigenvalue weighted by atomic mass is 10.1. The first kappa shape index (κ1) is 17.1. The first-order chi connectivity index (χ1) is 11.6. The van der Waals surface area contributed by atoms with E-state index in [-0.39, 0.29) is 18.0 Å². The minimum absolute atomic E-state index is 0.0752. The third kappa shape index (κ3) is 3.68. The molecule has 0 aliphatic carbocycles. The highest BCUT2D eigenvalue weighted by atomic mass is 32.2. The number of carbonyl (C=O) groups excluding carboxylic acids is 2. The van der Waals surface area contributed by atoms with E-state index in [2.05, 4.69) is 4.74 Å². The number of rotatable bonds is 4. The normalized spacial score (nSPS) is 22.5. The third-order valence-electron chi connectivity index (χ3n) is 3.91. The van der Waals surface area contributed by atoms with Gasteiger partial charge in [0.2, 0.25) is 0 Å². The average molecular weight is 363 g/mol. The number of esters is 1. The number of hydrogen-bond donors (Lipinski definition) is 0. The van der Waals surface area contributed by atoms with Gasteiger partial charge in [-0.15, -0.1) is 0 Å². The molecular weight excluding hydrogens is 346 g/mol. The molecule has 2 aliphatic rings. The summed E-state index contributed by atoms with van der Waals surface area (Å²) < 4.78 is 10.8. The summed E-state index contributed by atoms with van der Waals surface area (Å²) in [5.74, 6) is -0.470. The first-order valence-electron chi connectivity index (χ1n) is 7.64. The molecule has 5 nitrogen and oxygen atoms in total. The van der Waals surface area contributed by atoms with Crippen LogP contribution in [0.1, 0.15) is 28.8 Å². The van der Waals surface area contributed by atoms with E-state index in [0.29, 0.717) is 21.3 Å². The van der Waals surface area contributed by atoms with Crippen LogP contribution in [0.5, 0.6) is 0 Å². The SMILES string of the molecule is COC(=O)c1ccc(C=C2SC(=S)N(CC3CCCO3)C2=O)cc1. The number of ether oxygens (including phenoxy) is 2. The molecule has 24 heavy (non-hydrogen) atoms. The zero-order valence-electron chi connectivity index (χ0n) is 13.2. The lowest BCUT2D eigenvalue weighted by Crippen LogP contribution is -2.35. The Bertz CT molecular complexity index is 693. The van der Waals surface area contributed by atoms with E-state index in [4.69, 9.17) is 17.0 Å². The summed E-state index contributed by atoms with van der Waals surface area (Å²) in [6, 6.07) is 6.90. The van der Waals surface area contributed by atoms with Crippen LogP contribution in [-0.4, -0.2) is 47.5 Å². The molecule has 1 aromatic rings. The van der Waals surface area contributed by atoms with Crippen molar-refractivity contribution in [3.05, 3.63) is 40.3 Å². The van der Waals surface area contributed by atoms with Crippen molar-refractivity contribution in [2.75, 3.05) is 20.3 Å². The summed E-state index contributed by atoms with van der Waals surface area (Å²) in [5, 5.41) is 0. The highest BCUT2D eigenvalue weighted by Crippen LogP contribution is 2.33.